The molecule has 0 spiro atoms. The first-order valence-corrected chi connectivity index (χ1v) is 7.92. The van der Waals surface area contributed by atoms with Gasteiger partial charge in [-0.3, -0.25) is 0 Å². The highest BCUT2D eigenvalue weighted by Crippen LogP contribution is 2.14. The van der Waals surface area contributed by atoms with Gasteiger partial charge < -0.3 is 10.2 Å². The Bertz CT molecular complexity index is 597. The quantitative estimate of drug-likeness (QED) is 0.803. The van der Waals surface area contributed by atoms with E-state index in [1.165, 1.54) is 11.8 Å². The summed E-state index contributed by atoms with van der Waals surface area (Å²) in [5, 5.41) is 8.25. The van der Waals surface area contributed by atoms with E-state index < -0.39 is 0 Å². The number of anilines is 2. The number of aromatic nitrogens is 6. The lowest BCUT2D eigenvalue weighted by Crippen LogP contribution is -2.21. The number of hydrogen-bond donors (Lipinski definition) is 1. The van der Waals surface area contributed by atoms with E-state index in [-0.39, 0.29) is 6.04 Å². The molecule has 2 aromatic rings. The molecular formula is C12H20N8S. The van der Waals surface area contributed by atoms with E-state index in [2.05, 4.69) is 44.2 Å². The predicted molar refractivity (Wildman–Crippen MR) is 84.2 cm³/mol. The van der Waals surface area contributed by atoms with Crippen LogP contribution in [0.5, 0.6) is 0 Å². The number of nitrogens with zero attached hydrogens (tertiary/aromatic N) is 7. The maximum Gasteiger partial charge on any atom is 0.258 e. The second-order valence-electron chi connectivity index (χ2n) is 4.78. The third-order valence-electron chi connectivity index (χ3n) is 2.86. The number of nitrogens with one attached hydrogen (secondary N) is 1. The fraction of sp³-hybridized carbons (Fsp3) is 0.583. The van der Waals surface area contributed by atoms with Crippen LogP contribution in [0.1, 0.15) is 20.3 Å². The molecule has 0 bridgehead atoms. The molecule has 2 rings (SSSR count). The Kier molecular flexibility index (Phi) is 4.94. The Morgan fingerprint density at radius 3 is 2.67 bits per heavy atom. The Morgan fingerprint density at radius 1 is 1.33 bits per heavy atom. The molecule has 0 amide bonds. The minimum atomic E-state index is 0.285. The van der Waals surface area contributed by atoms with E-state index in [4.69, 9.17) is 0 Å². The third kappa shape index (κ3) is 3.81. The Labute approximate surface area is 128 Å². The van der Waals surface area contributed by atoms with Gasteiger partial charge in [-0.1, -0.05) is 18.7 Å². The summed E-state index contributed by atoms with van der Waals surface area (Å²) in [6.07, 6.45) is 4.51. The minimum Gasteiger partial charge on any atom is -0.352 e. The lowest BCUT2D eigenvalue weighted by Gasteiger charge is -2.15. The molecule has 0 fully saturated rings. The molecule has 1 N–H and O–H groups in total. The van der Waals surface area contributed by atoms with Gasteiger partial charge in [0.2, 0.25) is 17.1 Å². The molecule has 1 unspecified atom stereocenters. The van der Waals surface area contributed by atoms with Crippen LogP contribution in [0.4, 0.5) is 11.9 Å². The lowest BCUT2D eigenvalue weighted by molar-refractivity contribution is 0.732. The van der Waals surface area contributed by atoms with Crippen molar-refractivity contribution in [1.82, 2.24) is 29.7 Å². The van der Waals surface area contributed by atoms with E-state index >= 15 is 0 Å². The van der Waals surface area contributed by atoms with Gasteiger partial charge in [0.25, 0.3) is 5.95 Å². The van der Waals surface area contributed by atoms with E-state index in [9.17, 15) is 0 Å². The van der Waals surface area contributed by atoms with Crippen LogP contribution in [0.25, 0.3) is 5.95 Å². The van der Waals surface area contributed by atoms with Crippen LogP contribution in [0.15, 0.2) is 11.5 Å². The van der Waals surface area contributed by atoms with Crippen molar-refractivity contribution in [2.45, 2.75) is 31.5 Å². The molecule has 0 saturated carbocycles. The molecule has 0 radical (unpaired) electrons. The summed E-state index contributed by atoms with van der Waals surface area (Å²) in [5.74, 6) is 1.57. The van der Waals surface area contributed by atoms with Crippen molar-refractivity contribution in [2.75, 3.05) is 30.6 Å². The third-order valence-corrected chi connectivity index (χ3v) is 3.41. The van der Waals surface area contributed by atoms with Gasteiger partial charge in [-0.25, -0.2) is 4.98 Å². The van der Waals surface area contributed by atoms with Gasteiger partial charge in [0.15, 0.2) is 0 Å². The van der Waals surface area contributed by atoms with Gasteiger partial charge in [0.1, 0.15) is 6.33 Å². The number of hydrogen-bond acceptors (Lipinski definition) is 8. The fourth-order valence-corrected chi connectivity index (χ4v) is 1.80. The predicted octanol–water partition coefficient (Wildman–Crippen LogP) is 1.45. The monoisotopic (exact) mass is 308 g/mol. The molecule has 21 heavy (non-hydrogen) atoms. The SMILES string of the molecule is CCC(C)Nc1nc(N(C)C)nc(-n2cnc(SC)n2)n1. The van der Waals surface area contributed by atoms with E-state index in [1.54, 1.807) is 11.0 Å². The summed E-state index contributed by atoms with van der Waals surface area (Å²) in [6.45, 7) is 4.19. The molecule has 0 saturated heterocycles. The van der Waals surface area contributed by atoms with Gasteiger partial charge >= 0.3 is 0 Å². The van der Waals surface area contributed by atoms with Crippen molar-refractivity contribution in [2.24, 2.45) is 0 Å². The van der Waals surface area contributed by atoms with Crippen LogP contribution >= 0.6 is 11.8 Å². The van der Waals surface area contributed by atoms with Crippen LogP contribution < -0.4 is 10.2 Å². The van der Waals surface area contributed by atoms with Crippen molar-refractivity contribution in [1.29, 1.82) is 0 Å². The van der Waals surface area contributed by atoms with Gasteiger partial charge in [-0.05, 0) is 19.6 Å². The van der Waals surface area contributed by atoms with Gasteiger partial charge in [0, 0.05) is 20.1 Å². The average Bonchev–Trinajstić information content (AvgIpc) is 2.95. The highest BCUT2D eigenvalue weighted by atomic mass is 32.2. The zero-order chi connectivity index (χ0) is 15.4. The highest BCUT2D eigenvalue weighted by molar-refractivity contribution is 7.98. The summed E-state index contributed by atoms with van der Waals surface area (Å²) in [4.78, 5) is 19.2. The van der Waals surface area contributed by atoms with Gasteiger partial charge in [-0.2, -0.15) is 19.6 Å². The zero-order valence-corrected chi connectivity index (χ0v) is 13.7. The van der Waals surface area contributed by atoms with Crippen LogP contribution in [-0.4, -0.2) is 56.1 Å². The number of thioether (sulfide) groups is 1. The van der Waals surface area contributed by atoms with Crippen LogP contribution in [0, 0.1) is 0 Å². The topological polar surface area (TPSA) is 84.7 Å². The van der Waals surface area contributed by atoms with E-state index in [0.717, 1.165) is 6.42 Å². The number of rotatable bonds is 6. The summed E-state index contributed by atoms with van der Waals surface area (Å²) in [6, 6.07) is 0.285. The Hall–Kier alpha value is -1.90. The summed E-state index contributed by atoms with van der Waals surface area (Å²) in [7, 11) is 3.78. The summed E-state index contributed by atoms with van der Waals surface area (Å²) >= 11 is 1.47. The molecule has 2 heterocycles. The molecule has 114 valence electrons. The fourth-order valence-electron chi connectivity index (χ4n) is 1.48. The Morgan fingerprint density at radius 2 is 2.10 bits per heavy atom. The van der Waals surface area contributed by atoms with Gasteiger partial charge in [0.05, 0.1) is 0 Å². The normalized spacial score (nSPS) is 12.2. The summed E-state index contributed by atoms with van der Waals surface area (Å²) in [5.41, 5.74) is 0. The molecule has 0 aromatic carbocycles. The standard InChI is InChI=1S/C12H20N8S/c1-6-8(2)14-9-15-10(19(3)4)17-11(16-9)20-7-13-12(18-20)21-5/h7-8H,6H2,1-5H3,(H,14,15,16,17). The van der Waals surface area contributed by atoms with Crippen LogP contribution in [-0.2, 0) is 0 Å². The van der Waals surface area contributed by atoms with Crippen LogP contribution in [0.3, 0.4) is 0 Å². The molecule has 9 heteroatoms. The molecule has 0 aliphatic heterocycles. The van der Waals surface area contributed by atoms with Gasteiger partial charge in [-0.15, -0.1) is 5.10 Å². The zero-order valence-electron chi connectivity index (χ0n) is 12.9. The molecule has 2 aromatic heterocycles. The maximum absolute atomic E-state index is 4.41. The average molecular weight is 308 g/mol. The van der Waals surface area contributed by atoms with Crippen LogP contribution in [0.2, 0.25) is 0 Å². The van der Waals surface area contributed by atoms with Crippen molar-refractivity contribution in [3.8, 4) is 5.95 Å². The molecule has 0 aliphatic rings. The van der Waals surface area contributed by atoms with Crippen molar-refractivity contribution in [3.63, 3.8) is 0 Å². The lowest BCUT2D eigenvalue weighted by atomic mass is 10.3. The molecule has 8 nitrogen and oxygen atoms in total. The Balaban J connectivity index is 2.39. The maximum atomic E-state index is 4.41. The van der Waals surface area contributed by atoms with Crippen molar-refractivity contribution >= 4 is 23.7 Å². The second kappa shape index (κ2) is 6.70. The smallest absolute Gasteiger partial charge is 0.258 e. The van der Waals surface area contributed by atoms with Crippen molar-refractivity contribution < 1.29 is 0 Å². The van der Waals surface area contributed by atoms with Crippen molar-refractivity contribution in [3.05, 3.63) is 6.33 Å². The first-order valence-electron chi connectivity index (χ1n) is 6.69. The van der Waals surface area contributed by atoms with E-state index in [1.807, 2.05) is 25.3 Å². The molecule has 1 atom stereocenters. The van der Waals surface area contributed by atoms with E-state index in [0.29, 0.717) is 23.0 Å². The molecular weight excluding hydrogens is 288 g/mol. The second-order valence-corrected chi connectivity index (χ2v) is 5.56. The first-order chi connectivity index (χ1) is 10.0. The molecule has 0 aliphatic carbocycles. The largest absolute Gasteiger partial charge is 0.352 e. The highest BCUT2D eigenvalue weighted by Gasteiger charge is 2.12. The minimum absolute atomic E-state index is 0.285. The first kappa shape index (κ1) is 15.5. The summed E-state index contributed by atoms with van der Waals surface area (Å²) < 4.78 is 1.56.